The number of nitrogens with zero attached hydrogens (tertiary/aromatic N) is 2. The minimum Gasteiger partial charge on any atom is -0.298 e. The fourth-order valence-electron chi connectivity index (χ4n) is 3.14. The fourth-order valence-corrected chi connectivity index (χ4v) is 3.14. The van der Waals surface area contributed by atoms with Gasteiger partial charge in [-0.1, -0.05) is 25.5 Å². The third kappa shape index (κ3) is 3.26. The Morgan fingerprint density at radius 2 is 1.96 bits per heavy atom. The van der Waals surface area contributed by atoms with Crippen LogP contribution in [0.2, 0.25) is 0 Å². The second kappa shape index (κ2) is 6.90. The Labute approximate surface area is 136 Å². The van der Waals surface area contributed by atoms with E-state index in [9.17, 15) is 9.59 Å². The lowest BCUT2D eigenvalue weighted by Gasteiger charge is -2.16. The highest BCUT2D eigenvalue weighted by molar-refractivity contribution is 5.77. The van der Waals surface area contributed by atoms with Crippen molar-refractivity contribution < 1.29 is 4.79 Å². The lowest BCUT2D eigenvalue weighted by molar-refractivity contribution is 0.112. The molecule has 0 unspecified atom stereocenters. The van der Waals surface area contributed by atoms with E-state index in [1.54, 1.807) is 6.07 Å². The van der Waals surface area contributed by atoms with Gasteiger partial charge in [0.15, 0.2) is 6.29 Å². The molecule has 1 heterocycles. The summed E-state index contributed by atoms with van der Waals surface area (Å²) in [6, 6.07) is 7.99. The normalized spacial score (nSPS) is 13.6. The van der Waals surface area contributed by atoms with Crippen LogP contribution < -0.4 is 5.56 Å². The Balaban J connectivity index is 2.05. The van der Waals surface area contributed by atoms with Crippen molar-refractivity contribution in [3.05, 3.63) is 51.3 Å². The predicted octanol–water partition coefficient (Wildman–Crippen LogP) is 3.40. The number of carbonyl (C=O) groups is 1. The van der Waals surface area contributed by atoms with E-state index >= 15 is 0 Å². The first-order valence-corrected chi connectivity index (χ1v) is 8.42. The Morgan fingerprint density at radius 3 is 2.70 bits per heavy atom. The fraction of sp³-hybridized carbons (Fsp3) is 0.421. The number of carbonyl (C=O) groups excluding carboxylic acids is 1. The molecule has 0 atom stereocenters. The Morgan fingerprint density at radius 1 is 1.17 bits per heavy atom. The molecule has 3 rings (SSSR count). The molecule has 120 valence electrons. The van der Waals surface area contributed by atoms with Crippen LogP contribution in [0.3, 0.4) is 0 Å². The first kappa shape index (κ1) is 15.7. The summed E-state index contributed by atoms with van der Waals surface area (Å²) in [5.41, 5.74) is 4.36. The standard InChI is InChI=1S/C19H22N2O2/c1-2-3-10-21-19(23)17(13-22)12-18(20-21)16-9-8-14-6-4-5-7-15(14)11-16/h8-9,11-13H,2-7,10H2,1H3. The van der Waals surface area contributed by atoms with Crippen LogP contribution in [0.25, 0.3) is 11.3 Å². The van der Waals surface area contributed by atoms with Gasteiger partial charge in [0, 0.05) is 12.1 Å². The van der Waals surface area contributed by atoms with Crippen LogP contribution in [0.4, 0.5) is 0 Å². The van der Waals surface area contributed by atoms with E-state index in [0.717, 1.165) is 31.2 Å². The monoisotopic (exact) mass is 310 g/mol. The number of aldehydes is 1. The maximum atomic E-state index is 12.2. The van der Waals surface area contributed by atoms with Gasteiger partial charge in [-0.25, -0.2) is 4.68 Å². The van der Waals surface area contributed by atoms with Crippen molar-refractivity contribution in [1.29, 1.82) is 0 Å². The van der Waals surface area contributed by atoms with Crippen molar-refractivity contribution >= 4 is 6.29 Å². The number of hydrogen-bond donors (Lipinski definition) is 0. The second-order valence-corrected chi connectivity index (χ2v) is 6.18. The first-order valence-electron chi connectivity index (χ1n) is 8.42. The van der Waals surface area contributed by atoms with Gasteiger partial charge in [0.05, 0.1) is 11.3 Å². The van der Waals surface area contributed by atoms with Crippen LogP contribution in [0.1, 0.15) is 54.1 Å². The molecule has 2 aromatic rings. The molecule has 4 nitrogen and oxygen atoms in total. The molecule has 1 aromatic heterocycles. The van der Waals surface area contributed by atoms with Crippen LogP contribution in [-0.4, -0.2) is 16.1 Å². The quantitative estimate of drug-likeness (QED) is 0.795. The molecule has 0 saturated heterocycles. The van der Waals surface area contributed by atoms with Crippen molar-refractivity contribution in [2.75, 3.05) is 0 Å². The molecule has 0 amide bonds. The van der Waals surface area contributed by atoms with Gasteiger partial charge in [-0.05, 0) is 55.4 Å². The number of rotatable bonds is 5. The molecular weight excluding hydrogens is 288 g/mol. The van der Waals surface area contributed by atoms with Gasteiger partial charge in [0.2, 0.25) is 0 Å². The molecule has 0 N–H and O–H groups in total. The van der Waals surface area contributed by atoms with E-state index in [1.807, 2.05) is 0 Å². The molecule has 0 bridgehead atoms. The zero-order chi connectivity index (χ0) is 16.2. The highest BCUT2D eigenvalue weighted by Crippen LogP contribution is 2.26. The van der Waals surface area contributed by atoms with Crippen molar-refractivity contribution in [2.24, 2.45) is 0 Å². The molecule has 4 heteroatoms. The smallest absolute Gasteiger partial charge is 0.277 e. The van der Waals surface area contributed by atoms with Crippen molar-refractivity contribution in [3.63, 3.8) is 0 Å². The Kier molecular flexibility index (Phi) is 4.70. The van der Waals surface area contributed by atoms with E-state index in [-0.39, 0.29) is 11.1 Å². The van der Waals surface area contributed by atoms with E-state index < -0.39 is 0 Å². The Bertz CT molecular complexity index is 777. The molecule has 0 radical (unpaired) electrons. The third-order valence-electron chi connectivity index (χ3n) is 4.50. The molecule has 0 aliphatic heterocycles. The van der Waals surface area contributed by atoms with E-state index in [4.69, 9.17) is 0 Å². The minimum absolute atomic E-state index is 0.184. The van der Waals surface area contributed by atoms with E-state index in [1.165, 1.54) is 28.7 Å². The largest absolute Gasteiger partial charge is 0.298 e. The predicted molar refractivity (Wildman–Crippen MR) is 90.9 cm³/mol. The van der Waals surface area contributed by atoms with Crippen LogP contribution in [0, 0.1) is 0 Å². The molecule has 0 saturated carbocycles. The first-order chi connectivity index (χ1) is 11.2. The van der Waals surface area contributed by atoms with Crippen molar-refractivity contribution in [2.45, 2.75) is 52.0 Å². The van der Waals surface area contributed by atoms with E-state index in [0.29, 0.717) is 18.5 Å². The highest BCUT2D eigenvalue weighted by Gasteiger charge is 2.13. The maximum Gasteiger partial charge on any atom is 0.277 e. The number of hydrogen-bond acceptors (Lipinski definition) is 3. The number of fused-ring (bicyclic) bond motifs is 1. The molecule has 0 fully saturated rings. The van der Waals surface area contributed by atoms with Gasteiger partial charge in [-0.2, -0.15) is 5.10 Å². The number of benzene rings is 1. The lowest BCUT2D eigenvalue weighted by atomic mass is 9.90. The molecule has 23 heavy (non-hydrogen) atoms. The van der Waals surface area contributed by atoms with E-state index in [2.05, 4.69) is 30.2 Å². The van der Waals surface area contributed by atoms with Gasteiger partial charge >= 0.3 is 0 Å². The summed E-state index contributed by atoms with van der Waals surface area (Å²) < 4.78 is 1.43. The Hall–Kier alpha value is -2.23. The zero-order valence-electron chi connectivity index (χ0n) is 13.5. The highest BCUT2D eigenvalue weighted by atomic mass is 16.1. The maximum absolute atomic E-state index is 12.2. The van der Waals surface area contributed by atoms with Crippen LogP contribution in [-0.2, 0) is 19.4 Å². The molecule has 1 aromatic carbocycles. The summed E-state index contributed by atoms with van der Waals surface area (Å²) in [6.45, 7) is 2.62. The van der Waals surface area contributed by atoms with Gasteiger partial charge in [-0.15, -0.1) is 0 Å². The minimum atomic E-state index is -0.296. The summed E-state index contributed by atoms with van der Waals surface area (Å²) in [5.74, 6) is 0. The summed E-state index contributed by atoms with van der Waals surface area (Å²) >= 11 is 0. The lowest BCUT2D eigenvalue weighted by Crippen LogP contribution is -2.26. The number of aryl methyl sites for hydroxylation is 3. The van der Waals surface area contributed by atoms with Crippen molar-refractivity contribution in [1.82, 2.24) is 9.78 Å². The van der Waals surface area contributed by atoms with Gasteiger partial charge < -0.3 is 0 Å². The average molecular weight is 310 g/mol. The summed E-state index contributed by atoms with van der Waals surface area (Å²) in [6.07, 6.45) is 7.19. The summed E-state index contributed by atoms with van der Waals surface area (Å²) in [5, 5.41) is 4.48. The zero-order valence-corrected chi connectivity index (χ0v) is 13.5. The number of aromatic nitrogens is 2. The third-order valence-corrected chi connectivity index (χ3v) is 4.50. The van der Waals surface area contributed by atoms with Gasteiger partial charge in [0.1, 0.15) is 0 Å². The molecule has 0 spiro atoms. The SMILES string of the molecule is CCCCn1nc(-c2ccc3c(c2)CCCC3)cc(C=O)c1=O. The van der Waals surface area contributed by atoms with Crippen LogP contribution >= 0.6 is 0 Å². The summed E-state index contributed by atoms with van der Waals surface area (Å²) in [7, 11) is 0. The number of unbranched alkanes of at least 4 members (excludes halogenated alkanes) is 1. The topological polar surface area (TPSA) is 52.0 Å². The van der Waals surface area contributed by atoms with Crippen LogP contribution in [0.5, 0.6) is 0 Å². The molecular formula is C19H22N2O2. The average Bonchev–Trinajstić information content (AvgIpc) is 2.60. The van der Waals surface area contributed by atoms with Gasteiger partial charge in [0.25, 0.3) is 5.56 Å². The van der Waals surface area contributed by atoms with Crippen LogP contribution in [0.15, 0.2) is 29.1 Å². The molecule has 1 aliphatic carbocycles. The molecule has 1 aliphatic rings. The van der Waals surface area contributed by atoms with Crippen molar-refractivity contribution in [3.8, 4) is 11.3 Å². The summed E-state index contributed by atoms with van der Waals surface area (Å²) in [4.78, 5) is 23.4. The van der Waals surface area contributed by atoms with Gasteiger partial charge in [-0.3, -0.25) is 9.59 Å². The second-order valence-electron chi connectivity index (χ2n) is 6.18.